The van der Waals surface area contributed by atoms with Gasteiger partial charge in [0.05, 0.1) is 19.1 Å². The number of benzene rings is 1. The van der Waals surface area contributed by atoms with Crippen LogP contribution in [0.2, 0.25) is 0 Å². The number of ether oxygens (including phenoxy) is 2. The Hall–Kier alpha value is -2.28. The monoisotopic (exact) mass is 375 g/mol. The first-order valence-corrected chi connectivity index (χ1v) is 9.56. The second-order valence-corrected chi connectivity index (χ2v) is 7.50. The summed E-state index contributed by atoms with van der Waals surface area (Å²) in [5, 5.41) is 0. The first kappa shape index (κ1) is 19.5. The topological polar surface area (TPSA) is 85.1 Å². The molecule has 1 aromatic rings. The number of hydrogen-bond donors (Lipinski definition) is 1. The fraction of sp³-hybridized carbons (Fsp3) is 0.600. The molecular formula is C20H29N3O4. The van der Waals surface area contributed by atoms with Crippen molar-refractivity contribution in [1.29, 1.82) is 0 Å². The van der Waals surface area contributed by atoms with Gasteiger partial charge in [0.15, 0.2) is 0 Å². The first-order valence-electron chi connectivity index (χ1n) is 9.56. The van der Waals surface area contributed by atoms with Gasteiger partial charge in [-0.05, 0) is 43.9 Å². The molecule has 0 spiro atoms. The van der Waals surface area contributed by atoms with Crippen LogP contribution in [0.4, 0.5) is 4.79 Å². The van der Waals surface area contributed by atoms with Crippen molar-refractivity contribution in [2.24, 2.45) is 11.1 Å². The van der Waals surface area contributed by atoms with Crippen molar-refractivity contribution in [2.75, 3.05) is 39.9 Å². The minimum absolute atomic E-state index is 0.232. The standard InChI is InChI=1S/C20H29N3O4/c1-3-27-19(25)22-9-7-16(8-10-22)23-13-20(14-23,18(21)24)12-15-5-4-6-17(11-15)26-2/h4-6,11,16H,3,7-10,12-14H2,1-2H3,(H2,21,24). The fourth-order valence-electron chi connectivity index (χ4n) is 4.15. The van der Waals surface area contributed by atoms with Gasteiger partial charge in [0.1, 0.15) is 5.75 Å². The average molecular weight is 375 g/mol. The highest BCUT2D eigenvalue weighted by Gasteiger charge is 2.50. The predicted molar refractivity (Wildman–Crippen MR) is 102 cm³/mol. The van der Waals surface area contributed by atoms with E-state index in [-0.39, 0.29) is 12.0 Å². The Morgan fingerprint density at radius 1 is 1.26 bits per heavy atom. The van der Waals surface area contributed by atoms with Crippen LogP contribution in [0.25, 0.3) is 0 Å². The molecule has 2 saturated heterocycles. The van der Waals surface area contributed by atoms with Crippen LogP contribution in [0.5, 0.6) is 5.75 Å². The SMILES string of the molecule is CCOC(=O)N1CCC(N2CC(Cc3cccc(OC)c3)(C(N)=O)C2)CC1. The fourth-order valence-corrected chi connectivity index (χ4v) is 4.15. The molecule has 2 fully saturated rings. The van der Waals surface area contributed by atoms with Crippen LogP contribution in [-0.2, 0) is 16.0 Å². The van der Waals surface area contributed by atoms with Crippen molar-refractivity contribution in [3.8, 4) is 5.75 Å². The van der Waals surface area contributed by atoms with E-state index in [9.17, 15) is 9.59 Å². The smallest absolute Gasteiger partial charge is 0.409 e. The van der Waals surface area contributed by atoms with Crippen LogP contribution in [0.3, 0.4) is 0 Å². The van der Waals surface area contributed by atoms with Crippen molar-refractivity contribution >= 4 is 12.0 Å². The van der Waals surface area contributed by atoms with Crippen LogP contribution in [-0.4, -0.2) is 67.7 Å². The molecule has 148 valence electrons. The minimum Gasteiger partial charge on any atom is -0.497 e. The molecule has 1 aromatic carbocycles. The average Bonchev–Trinajstić information content (AvgIpc) is 2.64. The second kappa shape index (κ2) is 8.17. The summed E-state index contributed by atoms with van der Waals surface area (Å²) < 4.78 is 10.3. The lowest BCUT2D eigenvalue weighted by molar-refractivity contribution is -0.141. The second-order valence-electron chi connectivity index (χ2n) is 7.50. The van der Waals surface area contributed by atoms with E-state index >= 15 is 0 Å². The lowest BCUT2D eigenvalue weighted by atomic mass is 9.72. The largest absolute Gasteiger partial charge is 0.497 e. The Kier molecular flexibility index (Phi) is 5.89. The van der Waals surface area contributed by atoms with Crippen LogP contribution < -0.4 is 10.5 Å². The van der Waals surface area contributed by atoms with E-state index in [1.54, 1.807) is 12.0 Å². The third kappa shape index (κ3) is 4.18. The third-order valence-electron chi connectivity index (χ3n) is 5.72. The maximum atomic E-state index is 12.2. The number of rotatable bonds is 6. The number of carbonyl (C=O) groups is 2. The molecule has 2 amide bonds. The molecule has 7 heteroatoms. The Balaban J connectivity index is 1.56. The summed E-state index contributed by atoms with van der Waals surface area (Å²) in [5.74, 6) is 0.542. The summed E-state index contributed by atoms with van der Waals surface area (Å²) in [4.78, 5) is 28.1. The molecule has 0 aliphatic carbocycles. The van der Waals surface area contributed by atoms with Crippen molar-refractivity contribution in [3.63, 3.8) is 0 Å². The van der Waals surface area contributed by atoms with Crippen molar-refractivity contribution in [1.82, 2.24) is 9.80 Å². The van der Waals surface area contributed by atoms with E-state index < -0.39 is 5.41 Å². The zero-order valence-electron chi connectivity index (χ0n) is 16.1. The predicted octanol–water partition coefficient (Wildman–Crippen LogP) is 1.65. The van der Waals surface area contributed by atoms with Gasteiger partial charge in [-0.25, -0.2) is 4.79 Å². The molecule has 0 atom stereocenters. The Bertz CT molecular complexity index is 680. The van der Waals surface area contributed by atoms with Crippen LogP contribution in [0.1, 0.15) is 25.3 Å². The van der Waals surface area contributed by atoms with Crippen molar-refractivity contribution in [3.05, 3.63) is 29.8 Å². The van der Waals surface area contributed by atoms with Gasteiger partial charge in [-0.15, -0.1) is 0 Å². The lowest BCUT2D eigenvalue weighted by Crippen LogP contribution is -2.66. The number of amides is 2. The van der Waals surface area contributed by atoms with Gasteiger partial charge in [0.25, 0.3) is 0 Å². The van der Waals surface area contributed by atoms with Gasteiger partial charge >= 0.3 is 6.09 Å². The molecule has 2 aliphatic heterocycles. The number of likely N-dealkylation sites (tertiary alicyclic amines) is 2. The maximum Gasteiger partial charge on any atom is 0.409 e. The molecule has 0 radical (unpaired) electrons. The van der Waals surface area contributed by atoms with Gasteiger partial charge in [-0.2, -0.15) is 0 Å². The first-order chi connectivity index (χ1) is 13.0. The molecule has 3 rings (SSSR count). The van der Waals surface area contributed by atoms with Gasteiger partial charge in [0, 0.05) is 32.2 Å². The molecular weight excluding hydrogens is 346 g/mol. The molecule has 0 saturated carbocycles. The zero-order valence-corrected chi connectivity index (χ0v) is 16.1. The summed E-state index contributed by atoms with van der Waals surface area (Å²) in [6, 6.07) is 8.18. The Morgan fingerprint density at radius 2 is 1.96 bits per heavy atom. The molecule has 0 aromatic heterocycles. The van der Waals surface area contributed by atoms with Crippen molar-refractivity contribution in [2.45, 2.75) is 32.2 Å². The number of piperidine rings is 1. The normalized spacial score (nSPS) is 20.0. The van der Waals surface area contributed by atoms with Crippen molar-refractivity contribution < 1.29 is 19.1 Å². The summed E-state index contributed by atoms with van der Waals surface area (Å²) in [7, 11) is 1.64. The van der Waals surface area contributed by atoms with E-state index in [1.165, 1.54) is 0 Å². The van der Waals surface area contributed by atoms with E-state index in [2.05, 4.69) is 4.90 Å². The van der Waals surface area contributed by atoms with E-state index in [0.717, 1.165) is 24.2 Å². The number of carbonyl (C=O) groups excluding carboxylic acids is 2. The number of hydrogen-bond acceptors (Lipinski definition) is 5. The number of primary amides is 1. The van der Waals surface area contributed by atoms with E-state index in [4.69, 9.17) is 15.2 Å². The highest BCUT2D eigenvalue weighted by atomic mass is 16.6. The van der Waals surface area contributed by atoms with Gasteiger partial charge in [-0.1, -0.05) is 12.1 Å². The van der Waals surface area contributed by atoms with Crippen LogP contribution in [0.15, 0.2) is 24.3 Å². The summed E-state index contributed by atoms with van der Waals surface area (Å²) in [6.07, 6.45) is 2.18. The molecule has 7 nitrogen and oxygen atoms in total. The Labute approximate surface area is 160 Å². The number of nitrogens with two attached hydrogens (primary N) is 1. The number of methoxy groups -OCH3 is 1. The maximum absolute atomic E-state index is 12.2. The molecule has 2 N–H and O–H groups in total. The minimum atomic E-state index is -0.523. The lowest BCUT2D eigenvalue weighted by Gasteiger charge is -2.53. The quantitative estimate of drug-likeness (QED) is 0.817. The molecule has 2 heterocycles. The highest BCUT2D eigenvalue weighted by molar-refractivity contribution is 5.83. The van der Waals surface area contributed by atoms with E-state index in [0.29, 0.717) is 45.2 Å². The zero-order chi connectivity index (χ0) is 19.4. The molecule has 0 unspecified atom stereocenters. The van der Waals surface area contributed by atoms with Crippen LogP contribution in [0, 0.1) is 5.41 Å². The Morgan fingerprint density at radius 3 is 2.56 bits per heavy atom. The third-order valence-corrected chi connectivity index (χ3v) is 5.72. The molecule has 27 heavy (non-hydrogen) atoms. The number of nitrogens with zero attached hydrogens (tertiary/aromatic N) is 2. The summed E-state index contributed by atoms with van der Waals surface area (Å²) in [5.41, 5.74) is 6.31. The van der Waals surface area contributed by atoms with Gasteiger partial charge in [-0.3, -0.25) is 9.69 Å². The van der Waals surface area contributed by atoms with Gasteiger partial charge in [0.2, 0.25) is 5.91 Å². The summed E-state index contributed by atoms with van der Waals surface area (Å²) in [6.45, 7) is 4.94. The molecule has 0 bridgehead atoms. The van der Waals surface area contributed by atoms with Gasteiger partial charge < -0.3 is 20.1 Å². The van der Waals surface area contributed by atoms with E-state index in [1.807, 2.05) is 31.2 Å². The van der Waals surface area contributed by atoms with Crippen LogP contribution >= 0.6 is 0 Å². The summed E-state index contributed by atoms with van der Waals surface area (Å²) >= 11 is 0. The molecule has 2 aliphatic rings. The highest BCUT2D eigenvalue weighted by Crippen LogP contribution is 2.38.